The Labute approximate surface area is 155 Å². The molecule has 3 nitrogen and oxygen atoms in total. The normalized spacial score (nSPS) is 26.1. The molecule has 0 radical (unpaired) electrons. The molecule has 4 rings (SSSR count). The van der Waals surface area contributed by atoms with Gasteiger partial charge in [-0.25, -0.2) is 0 Å². The Kier molecular flexibility index (Phi) is 5.09. The Hall–Kier alpha value is -1.39. The molecule has 1 unspecified atom stereocenters. The first-order chi connectivity index (χ1) is 12.2. The molecule has 0 amide bonds. The average Bonchev–Trinajstić information content (AvgIpc) is 3.27. The van der Waals surface area contributed by atoms with Crippen LogP contribution in [0.1, 0.15) is 24.3 Å². The van der Waals surface area contributed by atoms with Crippen LogP contribution in [0.3, 0.4) is 0 Å². The zero-order valence-corrected chi connectivity index (χ0v) is 15.3. The van der Waals surface area contributed by atoms with Crippen molar-refractivity contribution < 1.29 is 0 Å². The maximum absolute atomic E-state index is 6.09. The summed E-state index contributed by atoms with van der Waals surface area (Å²) in [5.41, 5.74) is 9.79. The predicted molar refractivity (Wildman–Crippen MR) is 105 cm³/mol. The highest BCUT2D eigenvalue weighted by Crippen LogP contribution is 2.41. The smallest absolute Gasteiger partial charge is 0.0412 e. The third kappa shape index (κ3) is 4.24. The maximum atomic E-state index is 6.09. The van der Waals surface area contributed by atoms with E-state index in [4.69, 9.17) is 17.3 Å². The van der Waals surface area contributed by atoms with E-state index in [1.165, 1.54) is 23.1 Å². The molecule has 2 aliphatic rings. The van der Waals surface area contributed by atoms with Crippen LogP contribution >= 0.6 is 11.6 Å². The molecule has 3 N–H and O–H groups in total. The van der Waals surface area contributed by atoms with E-state index in [0.29, 0.717) is 18.0 Å². The fourth-order valence-electron chi connectivity index (χ4n) is 3.85. The van der Waals surface area contributed by atoms with Gasteiger partial charge < -0.3 is 16.0 Å². The number of hydrogen-bond acceptors (Lipinski definition) is 3. The van der Waals surface area contributed by atoms with Gasteiger partial charge in [0.2, 0.25) is 0 Å². The highest BCUT2D eigenvalue weighted by atomic mass is 35.5. The van der Waals surface area contributed by atoms with Crippen molar-refractivity contribution in [3.63, 3.8) is 0 Å². The van der Waals surface area contributed by atoms with Gasteiger partial charge in [0.15, 0.2) is 0 Å². The molecule has 1 heterocycles. The molecule has 25 heavy (non-hydrogen) atoms. The summed E-state index contributed by atoms with van der Waals surface area (Å²) in [6.45, 7) is 4.39. The van der Waals surface area contributed by atoms with Crippen LogP contribution in [0.15, 0.2) is 48.5 Å². The van der Waals surface area contributed by atoms with Crippen molar-refractivity contribution in [3.8, 4) is 11.1 Å². The van der Waals surface area contributed by atoms with E-state index in [1.54, 1.807) is 0 Å². The molecule has 2 aromatic carbocycles. The molecule has 1 aliphatic heterocycles. The van der Waals surface area contributed by atoms with Gasteiger partial charge in [-0.2, -0.15) is 0 Å². The molecular formula is C21H26ClN3. The van der Waals surface area contributed by atoms with Crippen LogP contribution in [0.5, 0.6) is 0 Å². The van der Waals surface area contributed by atoms with E-state index in [-0.39, 0.29) is 0 Å². The molecule has 1 aliphatic carbocycles. The van der Waals surface area contributed by atoms with Crippen molar-refractivity contribution in [1.29, 1.82) is 0 Å². The van der Waals surface area contributed by atoms with Gasteiger partial charge in [-0.1, -0.05) is 48.0 Å². The molecule has 0 bridgehead atoms. The Balaban J connectivity index is 1.27. The van der Waals surface area contributed by atoms with Crippen LogP contribution in [0, 0.1) is 0 Å². The predicted octanol–water partition coefficient (Wildman–Crippen LogP) is 3.49. The van der Waals surface area contributed by atoms with Gasteiger partial charge in [0.1, 0.15) is 0 Å². The van der Waals surface area contributed by atoms with Gasteiger partial charge in [0.05, 0.1) is 0 Å². The first-order valence-corrected chi connectivity index (χ1v) is 9.64. The van der Waals surface area contributed by atoms with Crippen molar-refractivity contribution in [2.75, 3.05) is 26.2 Å². The van der Waals surface area contributed by atoms with Gasteiger partial charge in [-0.05, 0) is 48.2 Å². The summed E-state index contributed by atoms with van der Waals surface area (Å²) in [5, 5.41) is 4.48. The first kappa shape index (κ1) is 17.0. The van der Waals surface area contributed by atoms with Crippen LogP contribution in [0.2, 0.25) is 5.02 Å². The number of nitrogens with one attached hydrogen (secondary N) is 1. The first-order valence-electron chi connectivity index (χ1n) is 9.26. The standard InChI is InChI=1S/C21H26ClN3/c22-18-3-1-2-17(12-18)15-4-6-16(7-5-15)20-13-21(20)24-9-11-25-10-8-19(23)14-25/h1-7,12,19-21,24H,8-11,13-14,23H2/t19-,20?,21+/m1/s1. The number of likely N-dealkylation sites (tertiary alicyclic amines) is 1. The van der Waals surface area contributed by atoms with Crippen LogP contribution in [0.4, 0.5) is 0 Å². The lowest BCUT2D eigenvalue weighted by Crippen LogP contribution is -2.33. The average molecular weight is 356 g/mol. The molecule has 4 heteroatoms. The van der Waals surface area contributed by atoms with E-state index in [1.807, 2.05) is 18.2 Å². The summed E-state index contributed by atoms with van der Waals surface area (Å²) in [4.78, 5) is 2.47. The monoisotopic (exact) mass is 355 g/mol. The number of hydrogen-bond donors (Lipinski definition) is 2. The molecule has 0 spiro atoms. The second-order valence-electron chi connectivity index (χ2n) is 7.38. The van der Waals surface area contributed by atoms with Crippen molar-refractivity contribution in [1.82, 2.24) is 10.2 Å². The summed E-state index contributed by atoms with van der Waals surface area (Å²) in [7, 11) is 0. The topological polar surface area (TPSA) is 41.3 Å². The SMILES string of the molecule is N[C@@H]1CCN(CCN[C@H]2CC2c2ccc(-c3cccc(Cl)c3)cc2)C1. The minimum absolute atomic E-state index is 0.381. The van der Waals surface area contributed by atoms with E-state index in [9.17, 15) is 0 Å². The Morgan fingerprint density at radius 1 is 1.12 bits per heavy atom. The maximum Gasteiger partial charge on any atom is 0.0412 e. The van der Waals surface area contributed by atoms with Crippen molar-refractivity contribution in [3.05, 3.63) is 59.1 Å². The quantitative estimate of drug-likeness (QED) is 0.833. The van der Waals surface area contributed by atoms with E-state index in [2.05, 4.69) is 40.5 Å². The van der Waals surface area contributed by atoms with Gasteiger partial charge in [-0.3, -0.25) is 0 Å². The summed E-state index contributed by atoms with van der Waals surface area (Å²) in [6, 6.07) is 18.0. The fourth-order valence-corrected chi connectivity index (χ4v) is 4.04. The number of benzene rings is 2. The Bertz CT molecular complexity index is 715. The molecule has 132 valence electrons. The molecular weight excluding hydrogens is 330 g/mol. The molecule has 2 fully saturated rings. The third-order valence-electron chi connectivity index (χ3n) is 5.43. The highest BCUT2D eigenvalue weighted by molar-refractivity contribution is 6.30. The summed E-state index contributed by atoms with van der Waals surface area (Å²) < 4.78 is 0. The van der Waals surface area contributed by atoms with Crippen molar-refractivity contribution >= 4 is 11.6 Å². The number of halogens is 1. The molecule has 2 aromatic rings. The van der Waals surface area contributed by atoms with Crippen LogP contribution in [0.25, 0.3) is 11.1 Å². The minimum atomic E-state index is 0.381. The van der Waals surface area contributed by atoms with Crippen LogP contribution in [-0.4, -0.2) is 43.2 Å². The number of nitrogens with zero attached hydrogens (tertiary/aromatic N) is 1. The molecule has 1 saturated heterocycles. The largest absolute Gasteiger partial charge is 0.326 e. The van der Waals surface area contributed by atoms with E-state index >= 15 is 0 Å². The second-order valence-corrected chi connectivity index (χ2v) is 7.82. The molecule has 3 atom stereocenters. The van der Waals surface area contributed by atoms with Gasteiger partial charge in [0.25, 0.3) is 0 Å². The lowest BCUT2D eigenvalue weighted by Gasteiger charge is -2.15. The molecule has 1 saturated carbocycles. The second kappa shape index (κ2) is 7.46. The van der Waals surface area contributed by atoms with Gasteiger partial charge >= 0.3 is 0 Å². The van der Waals surface area contributed by atoms with Crippen molar-refractivity contribution in [2.24, 2.45) is 5.73 Å². The third-order valence-corrected chi connectivity index (χ3v) is 5.67. The zero-order chi connectivity index (χ0) is 17.2. The van der Waals surface area contributed by atoms with Crippen molar-refractivity contribution in [2.45, 2.75) is 30.8 Å². The summed E-state index contributed by atoms with van der Waals surface area (Å²) in [5.74, 6) is 0.661. The Morgan fingerprint density at radius 3 is 2.68 bits per heavy atom. The lowest BCUT2D eigenvalue weighted by molar-refractivity contribution is 0.331. The molecule has 0 aromatic heterocycles. The summed E-state index contributed by atoms with van der Waals surface area (Å²) >= 11 is 6.09. The number of nitrogens with two attached hydrogens (primary N) is 1. The van der Waals surface area contributed by atoms with Gasteiger partial charge in [-0.15, -0.1) is 0 Å². The van der Waals surface area contributed by atoms with Gasteiger partial charge in [0, 0.05) is 42.7 Å². The highest BCUT2D eigenvalue weighted by Gasteiger charge is 2.37. The fraction of sp³-hybridized carbons (Fsp3) is 0.429. The Morgan fingerprint density at radius 2 is 1.96 bits per heavy atom. The minimum Gasteiger partial charge on any atom is -0.326 e. The lowest BCUT2D eigenvalue weighted by atomic mass is 10.0. The van der Waals surface area contributed by atoms with E-state index < -0.39 is 0 Å². The number of rotatable bonds is 6. The zero-order valence-electron chi connectivity index (χ0n) is 14.5. The van der Waals surface area contributed by atoms with Crippen LogP contribution in [-0.2, 0) is 0 Å². The summed E-state index contributed by atoms with van der Waals surface area (Å²) in [6.07, 6.45) is 2.39. The van der Waals surface area contributed by atoms with Crippen LogP contribution < -0.4 is 11.1 Å². The van der Waals surface area contributed by atoms with E-state index in [0.717, 1.165) is 37.6 Å².